The lowest BCUT2D eigenvalue weighted by Gasteiger charge is -2.10. The number of nitro benzene ring substituents is 1. The highest BCUT2D eigenvalue weighted by Gasteiger charge is 2.10. The molecule has 0 radical (unpaired) electrons. The van der Waals surface area contributed by atoms with Gasteiger partial charge in [0.1, 0.15) is 5.75 Å². The van der Waals surface area contributed by atoms with Crippen LogP contribution in [-0.4, -0.2) is 24.0 Å². The Hall–Kier alpha value is -2.94. The van der Waals surface area contributed by atoms with E-state index in [4.69, 9.17) is 11.6 Å². The van der Waals surface area contributed by atoms with Crippen molar-refractivity contribution in [3.63, 3.8) is 0 Å². The number of hydrogen-bond donors (Lipinski definition) is 2. The minimum absolute atomic E-state index is 0.00329. The molecule has 10 heteroatoms. The van der Waals surface area contributed by atoms with Crippen LogP contribution in [0.2, 0.25) is 5.02 Å². The first-order valence-electron chi connectivity index (χ1n) is 7.87. The molecule has 0 aromatic heterocycles. The van der Waals surface area contributed by atoms with E-state index in [-0.39, 0.29) is 28.8 Å². The molecule has 2 rings (SSSR count). The molecule has 0 aliphatic heterocycles. The normalized spacial score (nSPS) is 10.5. The highest BCUT2D eigenvalue weighted by Crippen LogP contribution is 2.29. The molecule has 0 fully saturated rings. The lowest BCUT2D eigenvalue weighted by Crippen LogP contribution is -2.13. The fourth-order valence-corrected chi connectivity index (χ4v) is 2.40. The third kappa shape index (κ3) is 6.70. The van der Waals surface area contributed by atoms with E-state index in [2.05, 4.69) is 15.4 Å². The number of halogens is 3. The highest BCUT2D eigenvalue weighted by molar-refractivity contribution is 6.32. The SMILES string of the molecule is O=C(CCCNc1ccc([N+](=O)[O-])cc1)Nc1ccc(OC(F)F)c(Cl)c1. The Morgan fingerprint density at radius 3 is 2.44 bits per heavy atom. The van der Waals surface area contributed by atoms with Gasteiger partial charge in [-0.15, -0.1) is 0 Å². The van der Waals surface area contributed by atoms with Crippen molar-refractivity contribution in [2.45, 2.75) is 19.5 Å². The summed E-state index contributed by atoms with van der Waals surface area (Å²) in [5.74, 6) is -0.434. The second-order valence-corrected chi connectivity index (χ2v) is 5.81. The fourth-order valence-electron chi connectivity index (χ4n) is 2.18. The quantitative estimate of drug-likeness (QED) is 0.363. The minimum Gasteiger partial charge on any atom is -0.433 e. The Balaban J connectivity index is 1.74. The summed E-state index contributed by atoms with van der Waals surface area (Å²) in [4.78, 5) is 22.0. The van der Waals surface area contributed by atoms with E-state index in [9.17, 15) is 23.7 Å². The van der Waals surface area contributed by atoms with Gasteiger partial charge in [0, 0.05) is 36.5 Å². The van der Waals surface area contributed by atoms with Crippen LogP contribution in [0.25, 0.3) is 0 Å². The van der Waals surface area contributed by atoms with Crippen LogP contribution in [0.3, 0.4) is 0 Å². The molecule has 1 amide bonds. The second kappa shape index (κ2) is 9.67. The van der Waals surface area contributed by atoms with Crippen molar-refractivity contribution in [3.05, 3.63) is 57.6 Å². The molecule has 0 unspecified atom stereocenters. The molecule has 7 nitrogen and oxygen atoms in total. The number of non-ortho nitro benzene ring substituents is 1. The van der Waals surface area contributed by atoms with Crippen LogP contribution in [-0.2, 0) is 4.79 Å². The lowest BCUT2D eigenvalue weighted by molar-refractivity contribution is -0.384. The van der Waals surface area contributed by atoms with Gasteiger partial charge < -0.3 is 15.4 Å². The largest absolute Gasteiger partial charge is 0.433 e. The monoisotopic (exact) mass is 399 g/mol. The van der Waals surface area contributed by atoms with Gasteiger partial charge in [-0.25, -0.2) is 0 Å². The number of hydrogen-bond acceptors (Lipinski definition) is 5. The number of nitro groups is 1. The molecule has 0 atom stereocenters. The standard InChI is InChI=1S/C17H16ClF2N3O4/c18-14-10-12(5-8-15(14)27-17(19)20)22-16(24)2-1-9-21-11-3-6-13(7-4-11)23(25)26/h3-8,10,17,21H,1-2,9H2,(H,22,24). The van der Waals surface area contributed by atoms with Crippen molar-refractivity contribution in [2.24, 2.45) is 0 Å². The van der Waals surface area contributed by atoms with Gasteiger partial charge in [-0.05, 0) is 36.8 Å². The maximum absolute atomic E-state index is 12.2. The third-order valence-corrected chi connectivity index (χ3v) is 3.71. The van der Waals surface area contributed by atoms with Crippen molar-refractivity contribution in [2.75, 3.05) is 17.2 Å². The molecule has 0 aliphatic carbocycles. The molecule has 0 aliphatic rings. The third-order valence-electron chi connectivity index (χ3n) is 3.42. The number of carbonyl (C=O) groups excluding carboxylic acids is 1. The van der Waals surface area contributed by atoms with E-state index in [0.717, 1.165) is 0 Å². The molecule has 2 aromatic carbocycles. The van der Waals surface area contributed by atoms with Crippen molar-refractivity contribution in [3.8, 4) is 5.75 Å². The van der Waals surface area contributed by atoms with Crippen LogP contribution < -0.4 is 15.4 Å². The topological polar surface area (TPSA) is 93.5 Å². The first-order chi connectivity index (χ1) is 12.8. The summed E-state index contributed by atoms with van der Waals surface area (Å²) in [7, 11) is 0. The molecular formula is C17H16ClF2N3O4. The van der Waals surface area contributed by atoms with E-state index in [1.165, 1.54) is 30.3 Å². The number of benzene rings is 2. The van der Waals surface area contributed by atoms with Gasteiger partial charge in [0.15, 0.2) is 0 Å². The van der Waals surface area contributed by atoms with Gasteiger partial charge in [0.2, 0.25) is 5.91 Å². The van der Waals surface area contributed by atoms with E-state index >= 15 is 0 Å². The van der Waals surface area contributed by atoms with Gasteiger partial charge in [0.25, 0.3) is 5.69 Å². The molecule has 144 valence electrons. The summed E-state index contributed by atoms with van der Waals surface area (Å²) in [6.45, 7) is -2.49. The molecule has 0 bridgehead atoms. The molecule has 0 heterocycles. The smallest absolute Gasteiger partial charge is 0.387 e. The van der Waals surface area contributed by atoms with Crippen molar-refractivity contribution >= 4 is 34.6 Å². The molecular weight excluding hydrogens is 384 g/mol. The zero-order valence-electron chi connectivity index (χ0n) is 14.0. The summed E-state index contributed by atoms with van der Waals surface area (Å²) in [6, 6.07) is 9.94. The summed E-state index contributed by atoms with van der Waals surface area (Å²) in [5.41, 5.74) is 1.08. The van der Waals surface area contributed by atoms with Gasteiger partial charge in [-0.1, -0.05) is 11.6 Å². The van der Waals surface area contributed by atoms with Crippen LogP contribution in [0.15, 0.2) is 42.5 Å². The Bertz CT molecular complexity index is 803. The Kier molecular flexibility index (Phi) is 7.30. The zero-order chi connectivity index (χ0) is 19.8. The average molecular weight is 400 g/mol. The molecule has 0 saturated heterocycles. The van der Waals surface area contributed by atoms with Gasteiger partial charge in [-0.2, -0.15) is 8.78 Å². The lowest BCUT2D eigenvalue weighted by atomic mass is 10.2. The summed E-state index contributed by atoms with van der Waals surface area (Å²) in [6.07, 6.45) is 0.732. The minimum atomic E-state index is -2.98. The number of nitrogens with zero attached hydrogens (tertiary/aromatic N) is 1. The van der Waals surface area contributed by atoms with E-state index in [0.29, 0.717) is 24.3 Å². The summed E-state index contributed by atoms with van der Waals surface area (Å²) in [5, 5.41) is 16.2. The number of carbonyl (C=O) groups is 1. The number of ether oxygens (including phenoxy) is 1. The number of alkyl halides is 2. The molecule has 0 spiro atoms. The van der Waals surface area contributed by atoms with Crippen LogP contribution in [0.4, 0.5) is 25.8 Å². The van der Waals surface area contributed by atoms with Crippen LogP contribution in [0, 0.1) is 10.1 Å². The van der Waals surface area contributed by atoms with Gasteiger partial charge >= 0.3 is 6.61 Å². The number of rotatable bonds is 9. The molecule has 27 heavy (non-hydrogen) atoms. The average Bonchev–Trinajstić information content (AvgIpc) is 2.61. The second-order valence-electron chi connectivity index (χ2n) is 5.41. The van der Waals surface area contributed by atoms with Gasteiger partial charge in [0.05, 0.1) is 9.95 Å². The predicted molar refractivity (Wildman–Crippen MR) is 97.5 cm³/mol. The number of amides is 1. The Morgan fingerprint density at radius 2 is 1.85 bits per heavy atom. The number of anilines is 2. The van der Waals surface area contributed by atoms with Gasteiger partial charge in [-0.3, -0.25) is 14.9 Å². The maximum Gasteiger partial charge on any atom is 0.387 e. The van der Waals surface area contributed by atoms with Crippen LogP contribution >= 0.6 is 11.6 Å². The summed E-state index contributed by atoms with van der Waals surface area (Å²) < 4.78 is 28.6. The van der Waals surface area contributed by atoms with Crippen LogP contribution in [0.1, 0.15) is 12.8 Å². The Morgan fingerprint density at radius 1 is 1.19 bits per heavy atom. The van der Waals surface area contributed by atoms with Crippen molar-refractivity contribution in [1.82, 2.24) is 0 Å². The Labute approximate surface area is 158 Å². The van der Waals surface area contributed by atoms with E-state index < -0.39 is 11.5 Å². The molecule has 2 aromatic rings. The molecule has 0 saturated carbocycles. The van der Waals surface area contributed by atoms with E-state index in [1.807, 2.05) is 0 Å². The van der Waals surface area contributed by atoms with Crippen molar-refractivity contribution in [1.29, 1.82) is 0 Å². The first kappa shape index (κ1) is 20.4. The van der Waals surface area contributed by atoms with Crippen molar-refractivity contribution < 1.29 is 23.2 Å². The molecule has 2 N–H and O–H groups in total. The first-order valence-corrected chi connectivity index (χ1v) is 8.25. The fraction of sp³-hybridized carbons (Fsp3) is 0.235. The van der Waals surface area contributed by atoms with Crippen LogP contribution in [0.5, 0.6) is 5.75 Å². The number of nitrogens with one attached hydrogen (secondary N) is 2. The zero-order valence-corrected chi connectivity index (χ0v) is 14.7. The predicted octanol–water partition coefficient (Wildman–Crippen LogP) is 4.68. The van der Waals surface area contributed by atoms with E-state index in [1.54, 1.807) is 12.1 Å². The maximum atomic E-state index is 12.2. The summed E-state index contributed by atoms with van der Waals surface area (Å²) >= 11 is 5.82. The highest BCUT2D eigenvalue weighted by atomic mass is 35.5.